The Hall–Kier alpha value is -9.19. The summed E-state index contributed by atoms with van der Waals surface area (Å²) in [5.74, 6) is -1.76. The molecule has 98 heavy (non-hydrogen) atoms. The van der Waals surface area contributed by atoms with Crippen LogP contribution in [-0.4, -0.2) is 184 Å². The summed E-state index contributed by atoms with van der Waals surface area (Å²) >= 11 is 0. The maximum Gasteiger partial charge on any atom is 0.248 e. The lowest BCUT2D eigenvalue weighted by Gasteiger charge is -2.34. The number of anilines is 3. The van der Waals surface area contributed by atoms with E-state index in [1.54, 1.807) is 79.1 Å². The number of alkyl halides is 5. The highest BCUT2D eigenvalue weighted by atomic mass is 19.2. The number of halogens is 5. The zero-order valence-corrected chi connectivity index (χ0v) is 53.6. The molecule has 0 bridgehead atoms. The molecular weight excluding hydrogens is 1280 g/mol. The molecule has 6 aromatic rings. The Labute approximate surface area is 562 Å². The Morgan fingerprint density at radius 3 is 1.13 bits per heavy atom. The van der Waals surface area contributed by atoms with Crippen LogP contribution in [0.5, 0.6) is 17.2 Å². The van der Waals surface area contributed by atoms with Gasteiger partial charge in [-0.15, -0.1) is 0 Å². The molecular formula is C70H80F5N11O12. The van der Waals surface area contributed by atoms with Crippen molar-refractivity contribution >= 4 is 52.5 Å². The number of rotatable bonds is 21. The van der Waals surface area contributed by atoms with Gasteiger partial charge >= 0.3 is 0 Å². The molecule has 12 N–H and O–H groups in total. The molecule has 3 saturated heterocycles. The van der Waals surface area contributed by atoms with Crippen molar-refractivity contribution in [3.05, 3.63) is 132 Å². The van der Waals surface area contributed by atoms with Gasteiger partial charge in [0.15, 0.2) is 18.5 Å². The van der Waals surface area contributed by atoms with Gasteiger partial charge in [0, 0.05) is 122 Å². The third-order valence-electron chi connectivity index (χ3n) is 17.7. The maximum atomic E-state index is 14.6. The van der Waals surface area contributed by atoms with Gasteiger partial charge in [-0.1, -0.05) is 18.2 Å². The number of likely N-dealkylation sites (tertiary alicyclic amines) is 3. The van der Waals surface area contributed by atoms with E-state index in [0.29, 0.717) is 101 Å². The third-order valence-corrected chi connectivity index (χ3v) is 17.7. The summed E-state index contributed by atoms with van der Waals surface area (Å²) in [6.45, 7) is -0.823. The van der Waals surface area contributed by atoms with Crippen molar-refractivity contribution in [2.24, 2.45) is 35.0 Å². The monoisotopic (exact) mass is 1360 g/mol. The van der Waals surface area contributed by atoms with Gasteiger partial charge in [-0.3, -0.25) is 38.7 Å². The largest absolute Gasteiger partial charge is 0.487 e. The van der Waals surface area contributed by atoms with E-state index < -0.39 is 98.5 Å². The Morgan fingerprint density at radius 2 is 0.786 bits per heavy atom. The predicted molar refractivity (Wildman–Crippen MR) is 352 cm³/mol. The fraction of sp³-hybridized carbons (Fsp3) is 0.429. The molecule has 0 spiro atoms. The lowest BCUT2D eigenvalue weighted by molar-refractivity contribution is -0.138. The van der Waals surface area contributed by atoms with Gasteiger partial charge in [0.1, 0.15) is 67.7 Å². The Kier molecular flexibility index (Phi) is 24.0. The average Bonchev–Trinajstić information content (AvgIpc) is 1.13. The highest BCUT2D eigenvalue weighted by Gasteiger charge is 2.45. The summed E-state index contributed by atoms with van der Waals surface area (Å²) in [4.78, 5) is 83.4. The SMILES string of the molecule is NCc1cc(-c2cc(NC(=O)C3CC3)ccn2)ccc1O[C@H]1CCN(C(=O)CO)C[C@H]1F.NCc1cc(-c2cc(NC(=O)C3C[C@@H]3F)ccn2)ccc1O[C@H]1CCN(C(=O)CO)C[C@H]1F.NCc1cc(-c2cccc(NC(=O)[C@@H]3C[C@H]3F)c2)ccc1O[C@H]1CCN(C(=O)CO)C[C@H]1F. The number of aliphatic hydroxyl groups is 3. The third kappa shape index (κ3) is 18.5. The van der Waals surface area contributed by atoms with Crippen LogP contribution >= 0.6 is 0 Å². The molecule has 3 aliphatic heterocycles. The lowest BCUT2D eigenvalue weighted by Crippen LogP contribution is -2.50. The van der Waals surface area contributed by atoms with Gasteiger partial charge in [-0.25, -0.2) is 22.0 Å². The van der Waals surface area contributed by atoms with Crippen LogP contribution < -0.4 is 47.4 Å². The second-order valence-electron chi connectivity index (χ2n) is 24.9. The van der Waals surface area contributed by atoms with Crippen molar-refractivity contribution in [2.75, 3.05) is 75.0 Å². The molecule has 28 heteroatoms. The average molecular weight is 1360 g/mol. The Morgan fingerprint density at radius 1 is 0.439 bits per heavy atom. The number of carbonyl (C=O) groups excluding carboxylic acids is 6. The molecule has 12 rings (SSSR count). The first-order valence-corrected chi connectivity index (χ1v) is 32.6. The van der Waals surface area contributed by atoms with E-state index >= 15 is 0 Å². The van der Waals surface area contributed by atoms with E-state index in [1.165, 1.54) is 14.7 Å². The molecule has 522 valence electrons. The second-order valence-corrected chi connectivity index (χ2v) is 24.9. The minimum atomic E-state index is -1.39. The van der Waals surface area contributed by atoms with E-state index in [0.717, 1.165) is 35.1 Å². The van der Waals surface area contributed by atoms with Crippen LogP contribution in [0.3, 0.4) is 0 Å². The number of piperidine rings is 3. The van der Waals surface area contributed by atoms with Gasteiger partial charge in [0.2, 0.25) is 35.4 Å². The van der Waals surface area contributed by atoms with Crippen LogP contribution in [-0.2, 0) is 48.4 Å². The predicted octanol–water partition coefficient (Wildman–Crippen LogP) is 6.10. The molecule has 5 heterocycles. The smallest absolute Gasteiger partial charge is 0.248 e. The summed E-state index contributed by atoms with van der Waals surface area (Å²) in [5.41, 5.74) is 26.1. The number of hydrogen-bond acceptors (Lipinski definition) is 17. The quantitative estimate of drug-likeness (QED) is 0.0368. The fourth-order valence-corrected chi connectivity index (χ4v) is 11.6. The number of hydrogen-bond donors (Lipinski definition) is 9. The summed E-state index contributed by atoms with van der Waals surface area (Å²) in [5, 5.41) is 35.3. The van der Waals surface area contributed by atoms with Crippen molar-refractivity contribution in [3.8, 4) is 50.9 Å². The molecule has 10 atom stereocenters. The van der Waals surface area contributed by atoms with Crippen molar-refractivity contribution < 1.29 is 80.2 Å². The van der Waals surface area contributed by atoms with Crippen LogP contribution in [0.1, 0.15) is 61.6 Å². The summed E-state index contributed by atoms with van der Waals surface area (Å²) in [7, 11) is 0. The van der Waals surface area contributed by atoms with Crippen LogP contribution in [0.4, 0.5) is 39.0 Å². The van der Waals surface area contributed by atoms with Crippen LogP contribution in [0.15, 0.2) is 116 Å². The van der Waals surface area contributed by atoms with Crippen molar-refractivity contribution in [1.29, 1.82) is 0 Å². The number of ether oxygens (including phenoxy) is 3. The highest BCUT2D eigenvalue weighted by molar-refractivity contribution is 5.96. The van der Waals surface area contributed by atoms with Crippen LogP contribution in [0.25, 0.3) is 33.6 Å². The number of benzene rings is 4. The van der Waals surface area contributed by atoms with Crippen molar-refractivity contribution in [2.45, 2.75) is 114 Å². The number of carbonyl (C=O) groups is 6. The van der Waals surface area contributed by atoms with Crippen LogP contribution in [0, 0.1) is 17.8 Å². The van der Waals surface area contributed by atoms with E-state index in [4.69, 9.17) is 46.7 Å². The second kappa shape index (κ2) is 32.9. The van der Waals surface area contributed by atoms with Crippen molar-refractivity contribution in [1.82, 2.24) is 24.7 Å². The minimum absolute atomic E-state index is 0.0288. The molecule has 6 aliphatic rings. The van der Waals surface area contributed by atoms with Gasteiger partial charge in [-0.2, -0.15) is 0 Å². The fourth-order valence-electron chi connectivity index (χ4n) is 11.6. The molecule has 1 unspecified atom stereocenters. The topological polar surface area (TPSA) is 340 Å². The molecule has 23 nitrogen and oxygen atoms in total. The highest BCUT2D eigenvalue weighted by Crippen LogP contribution is 2.38. The molecule has 6 fully saturated rings. The first kappa shape index (κ1) is 71.6. The zero-order chi connectivity index (χ0) is 69.7. The number of aromatic nitrogens is 2. The number of nitrogens with two attached hydrogens (primary N) is 3. The summed E-state index contributed by atoms with van der Waals surface area (Å²) < 4.78 is 87.8. The first-order valence-electron chi connectivity index (χ1n) is 32.6. The first-order chi connectivity index (χ1) is 47.3. The minimum Gasteiger partial charge on any atom is -0.487 e. The van der Waals surface area contributed by atoms with Gasteiger partial charge in [-0.05, 0) is 122 Å². The van der Waals surface area contributed by atoms with Gasteiger partial charge < -0.3 is 77.4 Å². The number of pyridine rings is 2. The number of nitrogens with zero attached hydrogens (tertiary/aromatic N) is 5. The van der Waals surface area contributed by atoms with E-state index in [2.05, 4.69) is 25.9 Å². The molecule has 6 amide bonds. The molecule has 4 aromatic carbocycles. The molecule has 3 saturated carbocycles. The molecule has 2 aromatic heterocycles. The molecule has 0 radical (unpaired) electrons. The zero-order valence-electron chi connectivity index (χ0n) is 53.6. The number of amides is 6. The summed E-state index contributed by atoms with van der Waals surface area (Å²) in [6, 6.07) is 30.2. The van der Waals surface area contributed by atoms with E-state index in [1.807, 2.05) is 36.4 Å². The van der Waals surface area contributed by atoms with E-state index in [9.17, 15) is 50.7 Å². The number of aliphatic hydroxyl groups excluding tert-OH is 3. The normalized spacial score (nSPS) is 23.1. The number of nitrogens with one attached hydrogen (secondary N) is 3. The maximum absolute atomic E-state index is 14.6. The van der Waals surface area contributed by atoms with Gasteiger partial charge in [0.25, 0.3) is 0 Å². The lowest BCUT2D eigenvalue weighted by atomic mass is 10.0. The van der Waals surface area contributed by atoms with Crippen LogP contribution in [0.2, 0.25) is 0 Å². The molecule has 3 aliphatic carbocycles. The summed E-state index contributed by atoms with van der Waals surface area (Å²) in [6.07, 6.45) is -1.92. The van der Waals surface area contributed by atoms with E-state index in [-0.39, 0.29) is 75.7 Å². The Balaban J connectivity index is 0.000000159. The van der Waals surface area contributed by atoms with Gasteiger partial charge in [0.05, 0.1) is 42.9 Å². The Bertz CT molecular complexity index is 3680. The van der Waals surface area contributed by atoms with Crippen molar-refractivity contribution in [3.63, 3.8) is 0 Å². The standard InChI is InChI=1S/C24H27F2N3O4.C23H26F2N4O4.C23H27FN4O4/c25-19-10-18(19)24(32)28-17-3-1-2-14(9-17)15-4-5-21(16(8-15)11-27)33-22-6-7-29(12-20(22)26)23(31)13-30;24-17-9-16(17)23(32)28-15-3-5-27-19(8-15)13-1-2-20(14(7-13)10-26)33-21-4-6-29(11-18(21)25)22(31)12-30;24-18-12-28(22(30)13-29)8-6-21(18)32-20-4-3-15(9-16(20)11-25)19-10-17(5-7-26-19)27-23(31)14-1-2-14/h1-5,8-9,18-20,22,30H,6-7,10-13,27H2,(H,28,32);1-3,5,7-8,16-18,21,30H,4,6,9-12,26H2,(H,27,28,32);3-5,7,9-10,14,18,21,29H,1-2,6,8,11-13,25H2,(H,26,27,31)/t18-,19-,20-,22+;16?,17-,18+,21-;18-,21+/m101/s1.